The number of anilines is 1. The van der Waals surface area contributed by atoms with E-state index in [1.807, 2.05) is 43.1 Å². The normalized spacial score (nSPS) is 10.6. The fourth-order valence-electron chi connectivity index (χ4n) is 4.10. The van der Waals surface area contributed by atoms with E-state index in [1.165, 1.54) is 4.52 Å². The van der Waals surface area contributed by atoms with Crippen molar-refractivity contribution in [2.75, 3.05) is 18.5 Å². The van der Waals surface area contributed by atoms with Crippen LogP contribution in [0.15, 0.2) is 59.9 Å². The van der Waals surface area contributed by atoms with Crippen LogP contribution in [-0.2, 0) is 20.0 Å². The molecule has 5 aromatic rings. The highest BCUT2D eigenvalue weighted by Gasteiger charge is 2.15. The number of pyridine rings is 1. The number of carbonyl (C=O) groups is 1. The lowest BCUT2D eigenvalue weighted by molar-refractivity contribution is 0.100. The van der Waals surface area contributed by atoms with Gasteiger partial charge in [-0.05, 0) is 37.1 Å². The molecule has 39 heavy (non-hydrogen) atoms. The third kappa shape index (κ3) is 6.11. The van der Waals surface area contributed by atoms with Crippen molar-refractivity contribution in [2.45, 2.75) is 19.9 Å². The second-order valence-corrected chi connectivity index (χ2v) is 9.54. The first-order chi connectivity index (χ1) is 18.8. The van der Waals surface area contributed by atoms with Crippen molar-refractivity contribution in [3.05, 3.63) is 87.9 Å². The van der Waals surface area contributed by atoms with E-state index < -0.39 is 5.91 Å². The molecule has 0 saturated heterocycles. The molecular weight excluding hydrogens is 514 g/mol. The van der Waals surface area contributed by atoms with Crippen LogP contribution in [0.25, 0.3) is 16.4 Å². The second-order valence-electron chi connectivity index (χ2n) is 8.43. The lowest BCUT2D eigenvalue weighted by Crippen LogP contribution is -2.25. The van der Waals surface area contributed by atoms with Crippen LogP contribution in [0.2, 0.25) is 0 Å². The molecule has 11 nitrogen and oxygen atoms in total. The van der Waals surface area contributed by atoms with Crippen molar-refractivity contribution < 1.29 is 4.79 Å². The Morgan fingerprint density at radius 1 is 1.23 bits per heavy atom. The van der Waals surface area contributed by atoms with Gasteiger partial charge in [0.25, 0.3) is 11.5 Å². The predicted octanol–water partition coefficient (Wildman–Crippen LogP) is 1.98. The average molecular weight is 544 g/mol. The zero-order chi connectivity index (χ0) is 27.9. The Morgan fingerprint density at radius 3 is 2.74 bits per heavy atom. The highest BCUT2D eigenvalue weighted by molar-refractivity contribution is 7.97. The summed E-state index contributed by atoms with van der Waals surface area (Å²) in [6, 6.07) is 9.64. The summed E-state index contributed by atoms with van der Waals surface area (Å²) < 4.78 is 8.06. The number of fused-ring (bicyclic) bond motifs is 2. The van der Waals surface area contributed by atoms with E-state index in [0.717, 1.165) is 34.4 Å². The third-order valence-corrected chi connectivity index (χ3v) is 6.54. The van der Waals surface area contributed by atoms with Gasteiger partial charge in [-0.3, -0.25) is 19.0 Å². The number of nitrogens with zero attached hydrogens (tertiary/aromatic N) is 6. The molecular formula is C27H29N9O2S. The summed E-state index contributed by atoms with van der Waals surface area (Å²) in [4.78, 5) is 28.1. The molecule has 5 rings (SSSR count). The van der Waals surface area contributed by atoms with E-state index in [4.69, 9.17) is 11.5 Å². The van der Waals surface area contributed by atoms with Gasteiger partial charge < -0.3 is 16.0 Å². The van der Waals surface area contributed by atoms with Gasteiger partial charge in [0.15, 0.2) is 11.5 Å². The first-order valence-corrected chi connectivity index (χ1v) is 13.2. The summed E-state index contributed by atoms with van der Waals surface area (Å²) in [6.45, 7) is 2.75. The maximum absolute atomic E-state index is 13.2. The standard InChI is InChI=1S/C20H22N4OS.C7H7N5O/c1-4-18-12-17-7-5-6-16(9-8-15-13-22-23(3)14-15)19(17)20(25)24(18)10-11-26-21-2;8-5-4(6(9)13)7-10-2-1-3-12(7)11-5/h5-7,12-14,21H,4,10-11H2,1-3H3;1-3H,(H2,8,11)(H2,9,13). The maximum Gasteiger partial charge on any atom is 0.259 e. The lowest BCUT2D eigenvalue weighted by atomic mass is 10.0. The molecule has 0 aliphatic carbocycles. The Bertz CT molecular complexity index is 1760. The van der Waals surface area contributed by atoms with Crippen LogP contribution in [0, 0.1) is 11.8 Å². The Hall–Kier alpha value is -4.60. The highest BCUT2D eigenvalue weighted by Crippen LogP contribution is 2.18. The Balaban J connectivity index is 0.000000226. The van der Waals surface area contributed by atoms with Crippen molar-refractivity contribution in [3.63, 3.8) is 0 Å². The first kappa shape index (κ1) is 27.4. The molecule has 0 aliphatic rings. The van der Waals surface area contributed by atoms with Gasteiger partial charge in [-0.15, -0.1) is 5.10 Å². The van der Waals surface area contributed by atoms with Gasteiger partial charge in [0.1, 0.15) is 5.56 Å². The zero-order valence-electron chi connectivity index (χ0n) is 21.9. The van der Waals surface area contributed by atoms with Gasteiger partial charge in [0.05, 0.1) is 17.1 Å². The summed E-state index contributed by atoms with van der Waals surface area (Å²) in [5.74, 6) is 6.58. The van der Waals surface area contributed by atoms with Crippen molar-refractivity contribution in [2.24, 2.45) is 12.8 Å². The zero-order valence-corrected chi connectivity index (χ0v) is 22.7. The minimum atomic E-state index is -0.619. The molecule has 4 aromatic heterocycles. The number of primary amides is 1. The third-order valence-electron chi connectivity index (χ3n) is 5.86. The van der Waals surface area contributed by atoms with Crippen LogP contribution >= 0.6 is 11.9 Å². The van der Waals surface area contributed by atoms with Gasteiger partial charge in [-0.2, -0.15) is 5.10 Å². The van der Waals surface area contributed by atoms with Crippen LogP contribution in [0.5, 0.6) is 0 Å². The smallest absolute Gasteiger partial charge is 0.259 e. The number of nitrogens with two attached hydrogens (primary N) is 2. The first-order valence-electron chi connectivity index (χ1n) is 12.2. The number of hydrogen-bond acceptors (Lipinski definition) is 8. The monoisotopic (exact) mass is 543 g/mol. The number of rotatable bonds is 6. The average Bonchev–Trinajstić information content (AvgIpc) is 3.50. The number of aromatic nitrogens is 6. The maximum atomic E-state index is 13.2. The highest BCUT2D eigenvalue weighted by atomic mass is 32.2. The number of aryl methyl sites for hydroxylation is 2. The molecule has 0 aliphatic heterocycles. The van der Waals surface area contributed by atoms with E-state index in [0.29, 0.717) is 17.6 Å². The Kier molecular flexibility index (Phi) is 8.65. The van der Waals surface area contributed by atoms with Crippen LogP contribution in [0.4, 0.5) is 5.82 Å². The molecule has 0 spiro atoms. The molecule has 200 valence electrons. The fourth-order valence-corrected chi connectivity index (χ4v) is 4.58. The van der Waals surface area contributed by atoms with Crippen LogP contribution in [0.3, 0.4) is 0 Å². The molecule has 0 unspecified atom stereocenters. The summed E-state index contributed by atoms with van der Waals surface area (Å²) in [6.07, 6.45) is 7.59. The van der Waals surface area contributed by atoms with Crippen LogP contribution < -0.4 is 21.7 Å². The molecule has 0 atom stereocenters. The van der Waals surface area contributed by atoms with Gasteiger partial charge in [-0.25, -0.2) is 9.50 Å². The summed E-state index contributed by atoms with van der Waals surface area (Å²) in [7, 11) is 3.75. The van der Waals surface area contributed by atoms with Crippen molar-refractivity contribution in [3.8, 4) is 11.8 Å². The molecule has 1 amide bonds. The SMILES string of the molecule is CCc1cc2cccc(C#Cc3cnn(C)c3)c2c(=O)n1CCSNC.NC(=O)c1c(N)nn2cccnc12. The van der Waals surface area contributed by atoms with E-state index >= 15 is 0 Å². The van der Waals surface area contributed by atoms with Crippen molar-refractivity contribution >= 4 is 40.1 Å². The van der Waals surface area contributed by atoms with E-state index in [-0.39, 0.29) is 16.9 Å². The molecule has 4 heterocycles. The van der Waals surface area contributed by atoms with Crippen molar-refractivity contribution in [1.82, 2.24) is 33.7 Å². The number of benzene rings is 1. The Morgan fingerprint density at radius 2 is 2.05 bits per heavy atom. The largest absolute Gasteiger partial charge is 0.381 e. The fraction of sp³-hybridized carbons (Fsp3) is 0.222. The van der Waals surface area contributed by atoms with Crippen LogP contribution in [-0.4, -0.2) is 47.7 Å². The molecule has 0 saturated carbocycles. The number of nitrogen functional groups attached to an aromatic ring is 1. The summed E-state index contributed by atoms with van der Waals surface area (Å²) >= 11 is 1.60. The molecule has 0 fully saturated rings. The van der Waals surface area contributed by atoms with E-state index in [1.54, 1.807) is 41.3 Å². The minimum Gasteiger partial charge on any atom is -0.381 e. The quantitative estimate of drug-likeness (QED) is 0.167. The van der Waals surface area contributed by atoms with Gasteiger partial charge in [0, 0.05) is 49.2 Å². The summed E-state index contributed by atoms with van der Waals surface area (Å²) in [5, 5.41) is 9.63. The van der Waals surface area contributed by atoms with Gasteiger partial charge in [0.2, 0.25) is 0 Å². The number of hydrogen-bond donors (Lipinski definition) is 3. The predicted molar refractivity (Wildman–Crippen MR) is 154 cm³/mol. The topological polar surface area (TPSA) is 151 Å². The molecule has 1 aromatic carbocycles. The number of nitrogens with one attached hydrogen (secondary N) is 1. The van der Waals surface area contributed by atoms with Gasteiger partial charge >= 0.3 is 0 Å². The molecule has 0 bridgehead atoms. The van der Waals surface area contributed by atoms with Gasteiger partial charge in [-0.1, -0.05) is 42.8 Å². The number of carbonyl (C=O) groups excluding carboxylic acids is 1. The lowest BCUT2D eigenvalue weighted by Gasteiger charge is -2.14. The molecule has 12 heteroatoms. The summed E-state index contributed by atoms with van der Waals surface area (Å²) in [5.41, 5.74) is 13.8. The minimum absolute atomic E-state index is 0.0344. The number of amides is 1. The molecule has 5 N–H and O–H groups in total. The van der Waals surface area contributed by atoms with E-state index in [2.05, 4.69) is 44.7 Å². The molecule has 0 radical (unpaired) electrons. The second kappa shape index (κ2) is 12.3. The van der Waals surface area contributed by atoms with Crippen molar-refractivity contribution in [1.29, 1.82) is 0 Å². The van der Waals surface area contributed by atoms with Crippen LogP contribution in [0.1, 0.15) is 34.1 Å². The Labute approximate surface area is 229 Å². The van der Waals surface area contributed by atoms with E-state index in [9.17, 15) is 9.59 Å².